The monoisotopic (exact) mass is 559 g/mol. The minimum Gasteiger partial charge on any atom is -0.396 e. The van der Waals surface area contributed by atoms with Crippen molar-refractivity contribution in [3.8, 4) is 0 Å². The number of alkyl halides is 3. The van der Waals surface area contributed by atoms with E-state index in [0.717, 1.165) is 10.6 Å². The van der Waals surface area contributed by atoms with Crippen LogP contribution in [0.15, 0.2) is 42.5 Å². The third-order valence-electron chi connectivity index (χ3n) is 6.25. The van der Waals surface area contributed by atoms with Gasteiger partial charge in [-0.25, -0.2) is 9.59 Å². The number of allylic oxidation sites excluding steroid dienone is 2. The van der Waals surface area contributed by atoms with Gasteiger partial charge in [-0.3, -0.25) is 14.4 Å². The predicted molar refractivity (Wildman–Crippen MR) is 128 cm³/mol. The van der Waals surface area contributed by atoms with Crippen LogP contribution in [0.2, 0.25) is 0 Å². The molecule has 36 heavy (non-hydrogen) atoms. The molecule has 2 saturated heterocycles. The summed E-state index contributed by atoms with van der Waals surface area (Å²) < 4.78 is 2.54. The molecular formula is C23H24Cl3N3O7. The highest BCUT2D eigenvalue weighted by Crippen LogP contribution is 2.35. The van der Waals surface area contributed by atoms with Gasteiger partial charge in [-0.1, -0.05) is 42.5 Å². The van der Waals surface area contributed by atoms with E-state index in [1.165, 1.54) is 0 Å². The van der Waals surface area contributed by atoms with Gasteiger partial charge >= 0.3 is 16.0 Å². The van der Waals surface area contributed by atoms with E-state index >= 15 is 0 Å². The van der Waals surface area contributed by atoms with Crippen molar-refractivity contribution in [2.75, 3.05) is 6.54 Å². The number of carbonyl (C=O) groups excluding carboxylic acids is 4. The summed E-state index contributed by atoms with van der Waals surface area (Å²) in [5.41, 5.74) is 0.796. The van der Waals surface area contributed by atoms with Crippen molar-refractivity contribution in [3.63, 3.8) is 0 Å². The first-order valence-corrected chi connectivity index (χ1v) is 12.5. The summed E-state index contributed by atoms with van der Waals surface area (Å²) in [7, 11) is 0. The van der Waals surface area contributed by atoms with Gasteiger partial charge in [-0.15, -0.1) is 5.06 Å². The van der Waals surface area contributed by atoms with Crippen molar-refractivity contribution < 1.29 is 33.6 Å². The van der Waals surface area contributed by atoms with Crippen molar-refractivity contribution >= 4 is 58.7 Å². The molecule has 1 aromatic rings. The Kier molecular flexibility index (Phi) is 8.41. The zero-order valence-electron chi connectivity index (χ0n) is 19.0. The predicted octanol–water partition coefficient (Wildman–Crippen LogP) is 3.41. The van der Waals surface area contributed by atoms with E-state index in [1.807, 2.05) is 42.5 Å². The minimum absolute atomic E-state index is 0.0497. The summed E-state index contributed by atoms with van der Waals surface area (Å²) in [5, 5.41) is 4.52. The molecule has 2 fully saturated rings. The number of benzene rings is 1. The fraction of sp³-hybridized carbons (Fsp3) is 0.478. The summed E-state index contributed by atoms with van der Waals surface area (Å²) in [6.45, 7) is 0.161. The zero-order chi connectivity index (χ0) is 25.9. The SMILES string of the molecule is O=C(ON1C(=O)[C@H]2CC=CC[C@H]2C1=O)[C@@H]1CC[C@@H](N(OCc2ccccc2)C(=O)OC(Cl)(Cl)Cl)CN1. The second-order valence-electron chi connectivity index (χ2n) is 8.63. The van der Waals surface area contributed by atoms with Gasteiger partial charge < -0.3 is 14.9 Å². The number of hydrogen-bond acceptors (Lipinski definition) is 8. The number of hydrogen-bond donors (Lipinski definition) is 1. The number of carbonyl (C=O) groups is 4. The number of imide groups is 1. The quantitative estimate of drug-likeness (QED) is 0.244. The van der Waals surface area contributed by atoms with Crippen LogP contribution >= 0.6 is 34.8 Å². The lowest BCUT2D eigenvalue weighted by Gasteiger charge is -2.35. The van der Waals surface area contributed by atoms with Gasteiger partial charge in [0.1, 0.15) is 12.6 Å². The summed E-state index contributed by atoms with van der Waals surface area (Å²) in [6.07, 6.45) is 4.09. The maximum Gasteiger partial charge on any atom is 0.437 e. The van der Waals surface area contributed by atoms with Crippen LogP contribution in [0.4, 0.5) is 4.79 Å². The molecule has 0 bridgehead atoms. The van der Waals surface area contributed by atoms with E-state index in [9.17, 15) is 19.2 Å². The number of amides is 3. The molecule has 1 aliphatic carbocycles. The number of ether oxygens (including phenoxy) is 1. The Morgan fingerprint density at radius 3 is 2.22 bits per heavy atom. The first-order valence-electron chi connectivity index (χ1n) is 11.4. The van der Waals surface area contributed by atoms with E-state index in [0.29, 0.717) is 24.3 Å². The van der Waals surface area contributed by atoms with Crippen LogP contribution in [-0.4, -0.2) is 56.6 Å². The van der Waals surface area contributed by atoms with Gasteiger partial charge in [0.2, 0.25) is 0 Å². The molecule has 0 spiro atoms. The molecule has 1 aromatic carbocycles. The Bertz CT molecular complexity index is 1000. The van der Waals surface area contributed by atoms with Gasteiger partial charge in [-0.2, -0.15) is 5.06 Å². The molecule has 1 N–H and O–H groups in total. The molecular weight excluding hydrogens is 537 g/mol. The van der Waals surface area contributed by atoms with Gasteiger partial charge in [-0.05, 0) is 66.0 Å². The Morgan fingerprint density at radius 1 is 1.03 bits per heavy atom. The summed E-state index contributed by atoms with van der Waals surface area (Å²) in [6, 6.07) is 7.75. The van der Waals surface area contributed by atoms with Crippen molar-refractivity contribution in [3.05, 3.63) is 48.0 Å². The van der Waals surface area contributed by atoms with Crippen LogP contribution < -0.4 is 5.32 Å². The lowest BCUT2D eigenvalue weighted by atomic mass is 9.85. The maximum absolute atomic E-state index is 12.7. The minimum atomic E-state index is -2.29. The van der Waals surface area contributed by atoms with Crippen molar-refractivity contribution in [2.24, 2.45) is 11.8 Å². The highest BCUT2D eigenvalue weighted by molar-refractivity contribution is 6.66. The second-order valence-corrected chi connectivity index (χ2v) is 10.8. The molecule has 0 unspecified atom stereocenters. The number of rotatable bonds is 6. The maximum atomic E-state index is 12.7. The van der Waals surface area contributed by atoms with Crippen LogP contribution in [0.5, 0.6) is 0 Å². The average molecular weight is 561 g/mol. The molecule has 0 aromatic heterocycles. The molecule has 0 radical (unpaired) electrons. The number of halogens is 3. The Hall–Kier alpha value is -2.37. The van der Waals surface area contributed by atoms with Crippen molar-refractivity contribution in [2.45, 2.75) is 48.4 Å². The zero-order valence-corrected chi connectivity index (χ0v) is 21.2. The van der Waals surface area contributed by atoms with Crippen LogP contribution in [0.3, 0.4) is 0 Å². The van der Waals surface area contributed by atoms with E-state index in [4.69, 9.17) is 49.2 Å². The van der Waals surface area contributed by atoms with Crippen molar-refractivity contribution in [1.29, 1.82) is 0 Å². The molecule has 3 amide bonds. The number of piperidine rings is 1. The fourth-order valence-corrected chi connectivity index (χ4v) is 4.62. The fourth-order valence-electron chi connectivity index (χ4n) is 4.43. The van der Waals surface area contributed by atoms with Gasteiger partial charge in [0.25, 0.3) is 11.8 Å². The smallest absolute Gasteiger partial charge is 0.396 e. The standard InChI is InChI=1S/C23H24Cl3N3O7/c24-23(25,26)35-22(33)28(34-13-14-6-2-1-3-7-14)15-10-11-18(27-12-15)21(32)36-29-19(30)16-8-4-5-9-17(16)20(29)31/h1-7,15-18,27H,8-13H2/t15-,16-,17+,18+/m1/s1. The number of nitrogens with zero attached hydrogens (tertiary/aromatic N) is 2. The highest BCUT2D eigenvalue weighted by atomic mass is 35.6. The van der Waals surface area contributed by atoms with Crippen LogP contribution in [0, 0.1) is 11.8 Å². The highest BCUT2D eigenvalue weighted by Gasteiger charge is 2.50. The van der Waals surface area contributed by atoms with E-state index < -0.39 is 51.8 Å². The van der Waals surface area contributed by atoms with Crippen LogP contribution in [-0.2, 0) is 35.4 Å². The van der Waals surface area contributed by atoms with E-state index in [1.54, 1.807) is 0 Å². The van der Waals surface area contributed by atoms with Gasteiger partial charge in [0.15, 0.2) is 0 Å². The molecule has 4 rings (SSSR count). The number of fused-ring (bicyclic) bond motifs is 1. The average Bonchev–Trinajstić information content (AvgIpc) is 3.09. The summed E-state index contributed by atoms with van der Waals surface area (Å²) in [5.74, 6) is -2.78. The normalized spacial score (nSPS) is 25.9. The van der Waals surface area contributed by atoms with Crippen LogP contribution in [0.25, 0.3) is 0 Å². The molecule has 2 aliphatic heterocycles. The molecule has 194 valence electrons. The van der Waals surface area contributed by atoms with Crippen molar-refractivity contribution in [1.82, 2.24) is 15.4 Å². The lowest BCUT2D eigenvalue weighted by molar-refractivity contribution is -0.202. The molecule has 4 atom stereocenters. The number of nitrogens with one attached hydrogen (secondary N) is 1. The third kappa shape index (κ3) is 6.30. The third-order valence-corrected chi connectivity index (χ3v) is 6.48. The number of hydroxylamine groups is 4. The Labute approximate surface area is 222 Å². The van der Waals surface area contributed by atoms with E-state index in [-0.39, 0.29) is 19.6 Å². The first kappa shape index (κ1) is 26.7. The molecule has 2 heterocycles. The Morgan fingerprint density at radius 2 is 1.67 bits per heavy atom. The largest absolute Gasteiger partial charge is 0.437 e. The molecule has 13 heteroatoms. The summed E-state index contributed by atoms with van der Waals surface area (Å²) in [4.78, 5) is 61.4. The summed E-state index contributed by atoms with van der Waals surface area (Å²) >= 11 is 16.8. The Balaban J connectivity index is 1.35. The second kappa shape index (κ2) is 11.4. The van der Waals surface area contributed by atoms with Crippen LogP contribution in [0.1, 0.15) is 31.2 Å². The lowest BCUT2D eigenvalue weighted by Crippen LogP contribution is -2.55. The van der Waals surface area contributed by atoms with Gasteiger partial charge in [0.05, 0.1) is 17.9 Å². The molecule has 3 aliphatic rings. The molecule has 0 saturated carbocycles. The molecule has 10 nitrogen and oxygen atoms in total. The topological polar surface area (TPSA) is 114 Å². The van der Waals surface area contributed by atoms with E-state index in [2.05, 4.69) is 5.32 Å². The first-order chi connectivity index (χ1) is 17.1. The van der Waals surface area contributed by atoms with Gasteiger partial charge in [0, 0.05) is 6.54 Å².